The van der Waals surface area contributed by atoms with Crippen LogP contribution in [0.2, 0.25) is 0 Å². The number of para-hydroxylation sites is 1. The van der Waals surface area contributed by atoms with Gasteiger partial charge in [0, 0.05) is 10.2 Å². The van der Waals surface area contributed by atoms with Crippen LogP contribution in [0.15, 0.2) is 53.0 Å². The van der Waals surface area contributed by atoms with Crippen molar-refractivity contribution in [3.05, 3.63) is 58.8 Å². The van der Waals surface area contributed by atoms with Crippen molar-refractivity contribution in [2.24, 2.45) is 5.41 Å². The first-order valence-corrected chi connectivity index (χ1v) is 7.73. The maximum Gasteiger partial charge on any atom is 0.239 e. The number of benzene rings is 2. The molecular formula is C17H16BrFN2O2. The molecule has 23 heavy (non-hydrogen) atoms. The zero-order chi connectivity index (χ0) is 17.0. The van der Waals surface area contributed by atoms with E-state index in [2.05, 4.69) is 26.6 Å². The Morgan fingerprint density at radius 1 is 1.00 bits per heavy atom. The normalized spacial score (nSPS) is 11.0. The van der Waals surface area contributed by atoms with Crippen LogP contribution in [-0.4, -0.2) is 11.8 Å². The molecular weight excluding hydrogens is 363 g/mol. The maximum absolute atomic E-state index is 13.2. The first-order chi connectivity index (χ1) is 10.8. The molecule has 0 saturated carbocycles. The summed E-state index contributed by atoms with van der Waals surface area (Å²) in [5, 5.41) is 5.26. The van der Waals surface area contributed by atoms with Gasteiger partial charge in [-0.05, 0) is 60.1 Å². The van der Waals surface area contributed by atoms with Crippen molar-refractivity contribution < 1.29 is 14.0 Å². The molecule has 0 unspecified atom stereocenters. The van der Waals surface area contributed by atoms with Crippen LogP contribution in [0, 0.1) is 11.2 Å². The molecule has 2 aromatic carbocycles. The van der Waals surface area contributed by atoms with E-state index in [1.54, 1.807) is 24.3 Å². The van der Waals surface area contributed by atoms with Gasteiger partial charge < -0.3 is 10.6 Å². The fraction of sp³-hybridized carbons (Fsp3) is 0.176. The molecule has 4 nitrogen and oxygen atoms in total. The second kappa shape index (κ2) is 6.91. The van der Waals surface area contributed by atoms with Crippen LogP contribution in [0.25, 0.3) is 0 Å². The molecule has 0 atom stereocenters. The molecule has 0 aromatic heterocycles. The Balaban J connectivity index is 2.11. The van der Waals surface area contributed by atoms with E-state index >= 15 is 0 Å². The van der Waals surface area contributed by atoms with E-state index in [1.165, 1.54) is 32.0 Å². The van der Waals surface area contributed by atoms with Gasteiger partial charge in [0.1, 0.15) is 11.2 Å². The molecule has 2 amide bonds. The number of halogens is 2. The second-order valence-electron chi connectivity index (χ2n) is 5.52. The highest BCUT2D eigenvalue weighted by atomic mass is 79.9. The monoisotopic (exact) mass is 378 g/mol. The Morgan fingerprint density at radius 2 is 1.65 bits per heavy atom. The molecule has 0 fully saturated rings. The number of carbonyl (C=O) groups is 2. The highest BCUT2D eigenvalue weighted by molar-refractivity contribution is 9.10. The van der Waals surface area contributed by atoms with Gasteiger partial charge in [-0.25, -0.2) is 4.39 Å². The summed E-state index contributed by atoms with van der Waals surface area (Å²) in [4.78, 5) is 24.8. The van der Waals surface area contributed by atoms with Gasteiger partial charge in [0.2, 0.25) is 11.8 Å². The lowest BCUT2D eigenvalue weighted by atomic mass is 9.90. The predicted molar refractivity (Wildman–Crippen MR) is 91.6 cm³/mol. The minimum atomic E-state index is -1.33. The average Bonchev–Trinajstić information content (AvgIpc) is 2.49. The number of rotatable bonds is 4. The number of hydrogen-bond acceptors (Lipinski definition) is 2. The summed E-state index contributed by atoms with van der Waals surface area (Å²) < 4.78 is 13.9. The summed E-state index contributed by atoms with van der Waals surface area (Å²) in [6.07, 6.45) is 0. The van der Waals surface area contributed by atoms with Gasteiger partial charge in [0.15, 0.2) is 0 Å². The van der Waals surface area contributed by atoms with Crippen LogP contribution in [0.4, 0.5) is 15.8 Å². The van der Waals surface area contributed by atoms with Gasteiger partial charge in [0.05, 0.1) is 5.69 Å². The minimum Gasteiger partial charge on any atom is -0.325 e. The van der Waals surface area contributed by atoms with Crippen molar-refractivity contribution in [2.45, 2.75) is 13.8 Å². The highest BCUT2D eigenvalue weighted by Gasteiger charge is 2.36. The number of amides is 2. The molecule has 2 aromatic rings. The van der Waals surface area contributed by atoms with Crippen LogP contribution in [0.1, 0.15) is 13.8 Å². The Morgan fingerprint density at radius 3 is 2.30 bits per heavy atom. The van der Waals surface area contributed by atoms with Crippen molar-refractivity contribution in [1.82, 2.24) is 0 Å². The van der Waals surface area contributed by atoms with Gasteiger partial charge in [-0.3, -0.25) is 9.59 Å². The quantitative estimate of drug-likeness (QED) is 0.783. The van der Waals surface area contributed by atoms with Crippen LogP contribution < -0.4 is 10.6 Å². The number of nitrogens with one attached hydrogen (secondary N) is 2. The lowest BCUT2D eigenvalue weighted by Gasteiger charge is -2.23. The predicted octanol–water partition coefficient (Wildman–Crippen LogP) is 4.19. The van der Waals surface area contributed by atoms with Crippen molar-refractivity contribution in [2.75, 3.05) is 10.6 Å². The van der Waals surface area contributed by atoms with Gasteiger partial charge >= 0.3 is 0 Å². The molecule has 2 N–H and O–H groups in total. The summed E-state index contributed by atoms with van der Waals surface area (Å²) in [5.41, 5.74) is -0.456. The van der Waals surface area contributed by atoms with E-state index < -0.39 is 23.0 Å². The Labute approximate surface area is 142 Å². The average molecular weight is 379 g/mol. The van der Waals surface area contributed by atoms with Gasteiger partial charge in [-0.1, -0.05) is 18.2 Å². The molecule has 0 bridgehead atoms. The number of hydrogen-bond donors (Lipinski definition) is 2. The molecule has 0 aliphatic rings. The van der Waals surface area contributed by atoms with Crippen LogP contribution in [0.5, 0.6) is 0 Å². The van der Waals surface area contributed by atoms with Crippen molar-refractivity contribution in [3.8, 4) is 0 Å². The largest absolute Gasteiger partial charge is 0.325 e. The van der Waals surface area contributed by atoms with Crippen LogP contribution in [0.3, 0.4) is 0 Å². The molecule has 2 rings (SSSR count). The molecule has 0 aliphatic carbocycles. The lowest BCUT2D eigenvalue weighted by molar-refractivity contribution is -0.135. The zero-order valence-electron chi connectivity index (χ0n) is 12.7. The maximum atomic E-state index is 13.2. The van der Waals surface area contributed by atoms with E-state index in [9.17, 15) is 14.0 Å². The van der Waals surface area contributed by atoms with E-state index in [0.717, 1.165) is 4.47 Å². The van der Waals surface area contributed by atoms with Crippen molar-refractivity contribution in [3.63, 3.8) is 0 Å². The molecule has 120 valence electrons. The summed E-state index contributed by atoms with van der Waals surface area (Å²) >= 11 is 3.33. The summed E-state index contributed by atoms with van der Waals surface area (Å²) in [6, 6.07) is 12.6. The number of carbonyl (C=O) groups excluding carboxylic acids is 2. The molecule has 0 radical (unpaired) electrons. The van der Waals surface area contributed by atoms with E-state index in [4.69, 9.17) is 0 Å². The standard InChI is InChI=1S/C17H16BrFN2O2/c1-17(2,15(22)20-12-7-5-6-11(19)10-12)16(23)21-14-9-4-3-8-13(14)18/h3-10H,1-2H3,(H,20,22)(H,21,23). The smallest absolute Gasteiger partial charge is 0.239 e. The second-order valence-corrected chi connectivity index (χ2v) is 6.38. The summed E-state index contributed by atoms with van der Waals surface area (Å²) in [6.45, 7) is 3.02. The Kier molecular flexibility index (Phi) is 5.15. The third-order valence-corrected chi connectivity index (χ3v) is 4.03. The fourth-order valence-corrected chi connectivity index (χ4v) is 2.18. The first kappa shape index (κ1) is 17.1. The van der Waals surface area contributed by atoms with Gasteiger partial charge in [-0.2, -0.15) is 0 Å². The third-order valence-electron chi connectivity index (χ3n) is 3.34. The minimum absolute atomic E-state index is 0.303. The SMILES string of the molecule is CC(C)(C(=O)Nc1cccc(F)c1)C(=O)Nc1ccccc1Br. The fourth-order valence-electron chi connectivity index (χ4n) is 1.80. The van der Waals surface area contributed by atoms with Crippen molar-refractivity contribution >= 4 is 39.1 Å². The first-order valence-electron chi connectivity index (χ1n) is 6.93. The molecule has 0 spiro atoms. The highest BCUT2D eigenvalue weighted by Crippen LogP contribution is 2.26. The third kappa shape index (κ3) is 4.16. The summed E-state index contributed by atoms with van der Waals surface area (Å²) in [5.74, 6) is -1.44. The van der Waals surface area contributed by atoms with Gasteiger partial charge in [-0.15, -0.1) is 0 Å². The lowest BCUT2D eigenvalue weighted by Crippen LogP contribution is -2.41. The van der Waals surface area contributed by atoms with E-state index in [0.29, 0.717) is 11.4 Å². The topological polar surface area (TPSA) is 58.2 Å². The Hall–Kier alpha value is -2.21. The zero-order valence-corrected chi connectivity index (χ0v) is 14.3. The molecule has 0 saturated heterocycles. The summed E-state index contributed by atoms with van der Waals surface area (Å²) in [7, 11) is 0. The Bertz CT molecular complexity index is 747. The van der Waals surface area contributed by atoms with Gasteiger partial charge in [0.25, 0.3) is 0 Å². The molecule has 0 heterocycles. The van der Waals surface area contributed by atoms with Crippen LogP contribution in [-0.2, 0) is 9.59 Å². The molecule has 0 aliphatic heterocycles. The van der Waals surface area contributed by atoms with E-state index in [1.807, 2.05) is 6.07 Å². The van der Waals surface area contributed by atoms with Crippen molar-refractivity contribution in [1.29, 1.82) is 0 Å². The van der Waals surface area contributed by atoms with Crippen LogP contribution >= 0.6 is 15.9 Å². The van der Waals surface area contributed by atoms with E-state index in [-0.39, 0.29) is 0 Å². The number of anilines is 2. The molecule has 6 heteroatoms.